The third kappa shape index (κ3) is 2.86. The summed E-state index contributed by atoms with van der Waals surface area (Å²) in [7, 11) is 0. The van der Waals surface area contributed by atoms with Gasteiger partial charge in [0.2, 0.25) is 0 Å². The molecule has 0 amide bonds. The lowest BCUT2D eigenvalue weighted by atomic mass is 9.45. The predicted molar refractivity (Wildman–Crippen MR) is 98.8 cm³/mol. The molecule has 0 aromatic heterocycles. The minimum absolute atomic E-state index is 0.191. The van der Waals surface area contributed by atoms with Crippen LogP contribution in [0.4, 0.5) is 0 Å². The van der Waals surface area contributed by atoms with Crippen LogP contribution in [0.1, 0.15) is 78.6 Å². The molecule has 2 saturated carbocycles. The molecule has 0 saturated heterocycles. The monoisotopic (exact) mass is 330 g/mol. The van der Waals surface area contributed by atoms with E-state index in [1.54, 1.807) is 5.57 Å². The summed E-state index contributed by atoms with van der Waals surface area (Å²) in [5.41, 5.74) is 2.45. The van der Waals surface area contributed by atoms with E-state index in [2.05, 4.69) is 39.5 Å². The molecular formula is C22H34O2. The van der Waals surface area contributed by atoms with E-state index in [1.807, 2.05) is 0 Å². The van der Waals surface area contributed by atoms with Crippen molar-refractivity contribution in [2.45, 2.75) is 78.6 Å². The molecule has 3 aliphatic carbocycles. The number of hydrogen-bond donors (Lipinski definition) is 1. The molecule has 0 bridgehead atoms. The second kappa shape index (κ2) is 6.04. The van der Waals surface area contributed by atoms with Crippen molar-refractivity contribution in [3.8, 4) is 0 Å². The SMILES string of the molecule is C=C[C@@]1(C)CC=C2C(CCC3[C@](C)(CCC(=O)O)CCC[C@@]23C)C1. The van der Waals surface area contributed by atoms with Crippen molar-refractivity contribution in [2.24, 2.45) is 28.1 Å². The first-order chi connectivity index (χ1) is 11.2. The van der Waals surface area contributed by atoms with Crippen molar-refractivity contribution < 1.29 is 9.90 Å². The van der Waals surface area contributed by atoms with Gasteiger partial charge in [-0.05, 0) is 73.0 Å². The fourth-order valence-electron chi connectivity index (χ4n) is 6.44. The number of hydrogen-bond acceptors (Lipinski definition) is 1. The minimum atomic E-state index is -0.643. The van der Waals surface area contributed by atoms with Gasteiger partial charge in [-0.15, -0.1) is 6.58 Å². The van der Waals surface area contributed by atoms with Crippen LogP contribution < -0.4 is 0 Å². The summed E-state index contributed by atoms with van der Waals surface area (Å²) in [6.45, 7) is 11.3. The lowest BCUT2D eigenvalue weighted by Crippen LogP contribution is -2.50. The number of carboxylic acids is 1. The predicted octanol–water partition coefficient (Wildman–Crippen LogP) is 5.99. The molecule has 134 valence electrons. The number of carbonyl (C=O) groups is 1. The van der Waals surface area contributed by atoms with E-state index in [4.69, 9.17) is 0 Å². The van der Waals surface area contributed by atoms with E-state index in [-0.39, 0.29) is 16.2 Å². The van der Waals surface area contributed by atoms with Gasteiger partial charge in [0, 0.05) is 6.42 Å². The van der Waals surface area contributed by atoms with E-state index >= 15 is 0 Å². The molecule has 0 heterocycles. The van der Waals surface area contributed by atoms with Crippen molar-refractivity contribution in [1.29, 1.82) is 0 Å². The van der Waals surface area contributed by atoms with Gasteiger partial charge in [0.25, 0.3) is 0 Å². The zero-order chi connectivity index (χ0) is 17.6. The molecule has 0 aromatic rings. The Labute approximate surface area is 147 Å². The van der Waals surface area contributed by atoms with Crippen molar-refractivity contribution >= 4 is 5.97 Å². The highest BCUT2D eigenvalue weighted by atomic mass is 16.4. The number of rotatable bonds is 4. The molecule has 1 N–H and O–H groups in total. The standard InChI is InChI=1S/C22H34O2/c1-5-20(2)13-9-17-16(15-20)7-8-18-21(3,14-10-19(23)24)11-6-12-22(17,18)4/h5,9,16,18H,1,6-8,10-15H2,2-4H3,(H,23,24)/t16?,18?,20-,21-,22-/m0/s1. The molecule has 3 aliphatic rings. The van der Waals surface area contributed by atoms with Crippen LogP contribution >= 0.6 is 0 Å². The number of carboxylic acid groups (broad SMARTS) is 1. The lowest BCUT2D eigenvalue weighted by molar-refractivity contribution is -0.138. The van der Waals surface area contributed by atoms with Crippen LogP contribution in [-0.4, -0.2) is 11.1 Å². The van der Waals surface area contributed by atoms with Crippen molar-refractivity contribution in [1.82, 2.24) is 0 Å². The molecule has 3 rings (SSSR count). The van der Waals surface area contributed by atoms with Gasteiger partial charge in [-0.2, -0.15) is 0 Å². The zero-order valence-corrected chi connectivity index (χ0v) is 15.7. The van der Waals surface area contributed by atoms with Crippen LogP contribution in [0.5, 0.6) is 0 Å². The normalized spacial score (nSPS) is 44.9. The second-order valence-electron chi connectivity index (χ2n) is 9.57. The average Bonchev–Trinajstić information content (AvgIpc) is 2.52. The van der Waals surface area contributed by atoms with Crippen LogP contribution in [0.2, 0.25) is 0 Å². The smallest absolute Gasteiger partial charge is 0.303 e. The molecule has 0 radical (unpaired) electrons. The van der Waals surface area contributed by atoms with Crippen LogP contribution in [-0.2, 0) is 4.79 Å². The van der Waals surface area contributed by atoms with E-state index in [9.17, 15) is 9.90 Å². The van der Waals surface area contributed by atoms with E-state index in [0.29, 0.717) is 18.3 Å². The Kier molecular flexibility index (Phi) is 4.47. The largest absolute Gasteiger partial charge is 0.481 e. The summed E-state index contributed by atoms with van der Waals surface area (Å²) >= 11 is 0. The van der Waals surface area contributed by atoms with Crippen LogP contribution in [0.15, 0.2) is 24.3 Å². The summed E-state index contributed by atoms with van der Waals surface area (Å²) in [5, 5.41) is 9.17. The minimum Gasteiger partial charge on any atom is -0.481 e. The number of aliphatic carboxylic acids is 1. The Balaban J connectivity index is 1.89. The first-order valence-corrected chi connectivity index (χ1v) is 9.78. The summed E-state index contributed by atoms with van der Waals surface area (Å²) in [5.74, 6) is 0.717. The maximum absolute atomic E-state index is 11.1. The van der Waals surface area contributed by atoms with Crippen molar-refractivity contribution in [3.05, 3.63) is 24.3 Å². The Morgan fingerprint density at radius 3 is 2.75 bits per heavy atom. The van der Waals surface area contributed by atoms with Crippen LogP contribution in [0.25, 0.3) is 0 Å². The van der Waals surface area contributed by atoms with E-state index < -0.39 is 5.97 Å². The zero-order valence-electron chi connectivity index (χ0n) is 15.7. The third-order valence-electron chi connectivity index (χ3n) is 7.86. The first-order valence-electron chi connectivity index (χ1n) is 9.78. The lowest BCUT2D eigenvalue weighted by Gasteiger charge is -2.59. The highest BCUT2D eigenvalue weighted by molar-refractivity contribution is 5.66. The topological polar surface area (TPSA) is 37.3 Å². The fourth-order valence-corrected chi connectivity index (χ4v) is 6.44. The molecule has 2 nitrogen and oxygen atoms in total. The van der Waals surface area contributed by atoms with Crippen molar-refractivity contribution in [2.75, 3.05) is 0 Å². The molecule has 2 unspecified atom stereocenters. The maximum Gasteiger partial charge on any atom is 0.303 e. The maximum atomic E-state index is 11.1. The highest BCUT2D eigenvalue weighted by Crippen LogP contribution is 2.64. The van der Waals surface area contributed by atoms with Crippen molar-refractivity contribution in [3.63, 3.8) is 0 Å². The molecular weight excluding hydrogens is 296 g/mol. The molecule has 0 aromatic carbocycles. The van der Waals surface area contributed by atoms with Gasteiger partial charge in [-0.3, -0.25) is 4.79 Å². The molecule has 0 aliphatic heterocycles. The Hall–Kier alpha value is -1.05. The Bertz CT molecular complexity index is 562. The summed E-state index contributed by atoms with van der Waals surface area (Å²) < 4.78 is 0. The summed E-state index contributed by atoms with van der Waals surface area (Å²) in [6, 6.07) is 0. The van der Waals surface area contributed by atoms with Gasteiger partial charge in [0.05, 0.1) is 0 Å². The molecule has 5 atom stereocenters. The average molecular weight is 331 g/mol. The van der Waals surface area contributed by atoms with Gasteiger partial charge in [0.15, 0.2) is 0 Å². The molecule has 2 fully saturated rings. The van der Waals surface area contributed by atoms with Gasteiger partial charge < -0.3 is 5.11 Å². The second-order valence-corrected chi connectivity index (χ2v) is 9.57. The molecule has 24 heavy (non-hydrogen) atoms. The Morgan fingerprint density at radius 2 is 2.08 bits per heavy atom. The molecule has 0 spiro atoms. The van der Waals surface area contributed by atoms with Crippen LogP contribution in [0.3, 0.4) is 0 Å². The number of allylic oxidation sites excluding steroid dienone is 3. The summed E-state index contributed by atoms with van der Waals surface area (Å²) in [4.78, 5) is 11.1. The van der Waals surface area contributed by atoms with Crippen LogP contribution in [0, 0.1) is 28.1 Å². The van der Waals surface area contributed by atoms with E-state index in [0.717, 1.165) is 12.8 Å². The van der Waals surface area contributed by atoms with Gasteiger partial charge in [-0.1, -0.05) is 44.9 Å². The fraction of sp³-hybridized carbons (Fsp3) is 0.773. The number of fused-ring (bicyclic) bond motifs is 3. The third-order valence-corrected chi connectivity index (χ3v) is 7.86. The summed E-state index contributed by atoms with van der Waals surface area (Å²) in [6.07, 6.45) is 14.5. The quantitative estimate of drug-likeness (QED) is 0.643. The molecule has 2 heteroatoms. The Morgan fingerprint density at radius 1 is 1.33 bits per heavy atom. The highest BCUT2D eigenvalue weighted by Gasteiger charge is 2.54. The van der Waals surface area contributed by atoms with E-state index in [1.165, 1.54) is 38.5 Å². The van der Waals surface area contributed by atoms with Gasteiger partial charge >= 0.3 is 5.97 Å². The first kappa shape index (κ1) is 17.8. The van der Waals surface area contributed by atoms with Gasteiger partial charge in [0.1, 0.15) is 0 Å². The van der Waals surface area contributed by atoms with Gasteiger partial charge in [-0.25, -0.2) is 0 Å².